The van der Waals surface area contributed by atoms with Crippen LogP contribution in [0.2, 0.25) is 0 Å². The number of rotatable bonds is 7. The van der Waals surface area contributed by atoms with E-state index in [1.54, 1.807) is 12.1 Å². The van der Waals surface area contributed by atoms with Gasteiger partial charge in [-0.1, -0.05) is 30.8 Å². The summed E-state index contributed by atoms with van der Waals surface area (Å²) in [7, 11) is 0. The maximum absolute atomic E-state index is 13.4. The number of carbonyl (C=O) groups excluding carboxylic acids is 1. The topological polar surface area (TPSA) is 41.6 Å². The van der Waals surface area contributed by atoms with Gasteiger partial charge in [0.05, 0.1) is 5.54 Å². The Balaban J connectivity index is 1.66. The van der Waals surface area contributed by atoms with Crippen molar-refractivity contribution >= 4 is 5.91 Å². The number of carbonyl (C=O) groups is 1. The molecule has 1 N–H and O–H groups in total. The Morgan fingerprint density at radius 2 is 1.86 bits per heavy atom. The molecule has 1 fully saturated rings. The van der Waals surface area contributed by atoms with Crippen LogP contribution in [-0.2, 0) is 16.9 Å². The molecule has 0 saturated carbocycles. The first-order chi connectivity index (χ1) is 13.9. The summed E-state index contributed by atoms with van der Waals surface area (Å²) < 4.78 is 19.1. The molecule has 154 valence electrons. The summed E-state index contributed by atoms with van der Waals surface area (Å²) in [6.07, 6.45) is 1.56. The van der Waals surface area contributed by atoms with Crippen molar-refractivity contribution < 1.29 is 13.9 Å². The molecule has 29 heavy (non-hydrogen) atoms. The molecule has 5 heteroatoms. The van der Waals surface area contributed by atoms with E-state index in [2.05, 4.69) is 28.9 Å². The van der Waals surface area contributed by atoms with E-state index in [1.165, 1.54) is 24.6 Å². The molecule has 1 saturated heterocycles. The third kappa shape index (κ3) is 5.67. The first-order valence-corrected chi connectivity index (χ1v) is 10.00. The fourth-order valence-corrected chi connectivity index (χ4v) is 3.88. The summed E-state index contributed by atoms with van der Waals surface area (Å²) >= 11 is 0. The summed E-state index contributed by atoms with van der Waals surface area (Å²) in [5.41, 5.74) is 2.70. The molecule has 0 unspecified atom stereocenters. The van der Waals surface area contributed by atoms with Crippen molar-refractivity contribution in [2.24, 2.45) is 0 Å². The van der Waals surface area contributed by atoms with Crippen LogP contribution >= 0.6 is 0 Å². The first-order valence-electron chi connectivity index (χ1n) is 10.00. The molecule has 3 rings (SSSR count). The normalized spacial score (nSPS) is 16.2. The highest BCUT2D eigenvalue weighted by Gasteiger charge is 2.36. The molecule has 2 aromatic carbocycles. The molecule has 0 bridgehead atoms. The second-order valence-corrected chi connectivity index (χ2v) is 7.94. The molecule has 0 radical (unpaired) electrons. The highest BCUT2D eigenvalue weighted by atomic mass is 19.1. The minimum absolute atomic E-state index is 0.0647. The van der Waals surface area contributed by atoms with Crippen molar-refractivity contribution in [2.45, 2.75) is 38.8 Å². The molecular weight excluding hydrogens is 367 g/mol. The smallest absolute Gasteiger partial charge is 0.217 e. The molecule has 0 spiro atoms. The van der Waals surface area contributed by atoms with Crippen LogP contribution in [0.15, 0.2) is 60.7 Å². The van der Waals surface area contributed by atoms with Gasteiger partial charge in [-0.05, 0) is 60.7 Å². The van der Waals surface area contributed by atoms with Crippen LogP contribution in [0, 0.1) is 5.82 Å². The van der Waals surface area contributed by atoms with Crippen molar-refractivity contribution in [3.8, 4) is 5.75 Å². The van der Waals surface area contributed by atoms with Gasteiger partial charge in [0.1, 0.15) is 18.2 Å². The number of amides is 1. The predicted octanol–water partition coefficient (Wildman–Crippen LogP) is 4.41. The van der Waals surface area contributed by atoms with E-state index in [4.69, 9.17) is 4.74 Å². The Hall–Kier alpha value is -2.66. The van der Waals surface area contributed by atoms with Gasteiger partial charge in [-0.3, -0.25) is 9.69 Å². The molecule has 1 aliphatic heterocycles. The van der Waals surface area contributed by atoms with Crippen LogP contribution in [0.5, 0.6) is 5.75 Å². The van der Waals surface area contributed by atoms with Crippen LogP contribution < -0.4 is 10.1 Å². The lowest BCUT2D eigenvalue weighted by Gasteiger charge is -2.42. The summed E-state index contributed by atoms with van der Waals surface area (Å²) in [5, 5.41) is 3.14. The van der Waals surface area contributed by atoms with Crippen LogP contribution in [0.3, 0.4) is 0 Å². The zero-order valence-corrected chi connectivity index (χ0v) is 17.2. The van der Waals surface area contributed by atoms with Crippen molar-refractivity contribution in [1.82, 2.24) is 10.2 Å². The van der Waals surface area contributed by atoms with Gasteiger partial charge < -0.3 is 10.1 Å². The highest BCUT2D eigenvalue weighted by Crippen LogP contribution is 2.34. The van der Waals surface area contributed by atoms with E-state index in [0.29, 0.717) is 6.61 Å². The average molecular weight is 397 g/mol. The lowest BCUT2D eigenvalue weighted by molar-refractivity contribution is -0.121. The Bertz CT molecular complexity index is 855. The summed E-state index contributed by atoms with van der Waals surface area (Å²) in [6.45, 7) is 10.4. The van der Waals surface area contributed by atoms with Gasteiger partial charge in [0.25, 0.3) is 0 Å². The van der Waals surface area contributed by atoms with Crippen LogP contribution in [0.1, 0.15) is 37.8 Å². The van der Waals surface area contributed by atoms with E-state index in [-0.39, 0.29) is 11.7 Å². The van der Waals surface area contributed by atoms with Gasteiger partial charge in [0, 0.05) is 26.6 Å². The second-order valence-electron chi connectivity index (χ2n) is 7.94. The van der Waals surface area contributed by atoms with E-state index >= 15 is 0 Å². The minimum atomic E-state index is -0.442. The number of hydrogen-bond donors (Lipinski definition) is 1. The maximum Gasteiger partial charge on any atom is 0.217 e. The summed E-state index contributed by atoms with van der Waals surface area (Å²) in [5.74, 6) is 0.518. The zero-order chi connectivity index (χ0) is 20.9. The molecule has 1 aliphatic rings. The third-order valence-corrected chi connectivity index (χ3v) is 5.31. The number of benzene rings is 2. The monoisotopic (exact) mass is 396 g/mol. The summed E-state index contributed by atoms with van der Waals surface area (Å²) in [4.78, 5) is 14.2. The highest BCUT2D eigenvalue weighted by molar-refractivity contribution is 5.74. The first kappa shape index (κ1) is 21.1. The third-order valence-electron chi connectivity index (χ3n) is 5.31. The fourth-order valence-electron chi connectivity index (χ4n) is 3.88. The Kier molecular flexibility index (Phi) is 6.70. The molecule has 4 nitrogen and oxygen atoms in total. The van der Waals surface area contributed by atoms with Crippen LogP contribution in [0.25, 0.3) is 0 Å². The lowest BCUT2D eigenvalue weighted by Crippen LogP contribution is -2.52. The number of piperidine rings is 1. The molecule has 0 atom stereocenters. The van der Waals surface area contributed by atoms with Gasteiger partial charge in [0.2, 0.25) is 5.91 Å². The lowest BCUT2D eigenvalue weighted by atomic mass is 9.80. The average Bonchev–Trinajstić information content (AvgIpc) is 2.68. The molecule has 2 aromatic rings. The van der Waals surface area contributed by atoms with E-state index in [1.807, 2.05) is 19.1 Å². The summed E-state index contributed by atoms with van der Waals surface area (Å²) in [6, 6.07) is 14.6. The second kappa shape index (κ2) is 9.23. The van der Waals surface area contributed by atoms with Crippen LogP contribution in [-0.4, -0.2) is 30.5 Å². The van der Waals surface area contributed by atoms with Crippen molar-refractivity contribution in [2.75, 3.05) is 19.7 Å². The van der Waals surface area contributed by atoms with Crippen molar-refractivity contribution in [3.63, 3.8) is 0 Å². The van der Waals surface area contributed by atoms with Crippen LogP contribution in [0.4, 0.5) is 4.39 Å². The SMILES string of the molecule is C=C(C)COc1cccc(CN2CCC(NC(C)=O)(c3ccc(F)cc3)CC2)c1. The fraction of sp³-hybridized carbons (Fsp3) is 0.375. The van der Waals surface area contributed by atoms with Gasteiger partial charge in [-0.25, -0.2) is 4.39 Å². The largest absolute Gasteiger partial charge is 0.489 e. The van der Waals surface area contributed by atoms with Gasteiger partial charge in [-0.15, -0.1) is 0 Å². The van der Waals surface area contributed by atoms with E-state index < -0.39 is 5.54 Å². The maximum atomic E-state index is 13.4. The van der Waals surface area contributed by atoms with Crippen molar-refractivity contribution in [3.05, 3.63) is 77.6 Å². The number of likely N-dealkylation sites (tertiary alicyclic amines) is 1. The van der Waals surface area contributed by atoms with E-state index in [9.17, 15) is 9.18 Å². The Morgan fingerprint density at radius 3 is 2.48 bits per heavy atom. The van der Waals surface area contributed by atoms with Crippen molar-refractivity contribution in [1.29, 1.82) is 0 Å². The van der Waals surface area contributed by atoms with Gasteiger partial charge >= 0.3 is 0 Å². The molecular formula is C24H29FN2O2. The number of hydrogen-bond acceptors (Lipinski definition) is 3. The molecule has 1 amide bonds. The number of nitrogens with one attached hydrogen (secondary N) is 1. The number of ether oxygens (including phenoxy) is 1. The number of nitrogens with zero attached hydrogens (tertiary/aromatic N) is 1. The number of halogens is 1. The minimum Gasteiger partial charge on any atom is -0.489 e. The molecule has 0 aromatic heterocycles. The predicted molar refractivity (Wildman–Crippen MR) is 113 cm³/mol. The quantitative estimate of drug-likeness (QED) is 0.705. The molecule has 0 aliphatic carbocycles. The van der Waals surface area contributed by atoms with Gasteiger partial charge in [-0.2, -0.15) is 0 Å². The Morgan fingerprint density at radius 1 is 1.17 bits per heavy atom. The standard InChI is InChI=1S/C24H29FN2O2/c1-18(2)17-29-23-6-4-5-20(15-23)16-27-13-11-24(12-14-27,26-19(3)28)21-7-9-22(25)10-8-21/h4-10,15H,1,11-14,16-17H2,2-3H3,(H,26,28). The van der Waals surface area contributed by atoms with E-state index in [0.717, 1.165) is 49.4 Å². The zero-order valence-electron chi connectivity index (χ0n) is 17.2. The van der Waals surface area contributed by atoms with Gasteiger partial charge in [0.15, 0.2) is 0 Å². The molecule has 1 heterocycles. The Labute approximate surface area is 172 Å².